The molecule has 3 atom stereocenters. The molecule has 2 aliphatic rings. The molecule has 10 heteroatoms. The number of hydrogen-bond acceptors (Lipinski definition) is 7. The van der Waals surface area contributed by atoms with Gasteiger partial charge in [0.05, 0.1) is 5.39 Å². The molecule has 1 unspecified atom stereocenters. The maximum atomic E-state index is 13.6. The van der Waals surface area contributed by atoms with E-state index in [-0.39, 0.29) is 29.0 Å². The molecular formula is C22H18ClFN6O2. The third-order valence-corrected chi connectivity index (χ3v) is 6.67. The SMILES string of the molecule is O=c1c2ccc(Cl)nc2ncn1Cc1nc([C@@H]2CC3C[C@H]2CN3c2cccc(F)c2)no1. The van der Waals surface area contributed by atoms with Gasteiger partial charge in [-0.1, -0.05) is 22.8 Å². The fourth-order valence-corrected chi connectivity index (χ4v) is 5.15. The second-order valence-corrected chi connectivity index (χ2v) is 8.74. The Bertz CT molecular complexity index is 1390. The first-order valence-electron chi connectivity index (χ1n) is 10.4. The summed E-state index contributed by atoms with van der Waals surface area (Å²) in [7, 11) is 0. The van der Waals surface area contributed by atoms with Gasteiger partial charge in [-0.3, -0.25) is 9.36 Å². The molecular weight excluding hydrogens is 435 g/mol. The highest BCUT2D eigenvalue weighted by molar-refractivity contribution is 6.29. The first kappa shape index (κ1) is 19.4. The first-order valence-corrected chi connectivity index (χ1v) is 10.8. The Morgan fingerprint density at radius 2 is 2.09 bits per heavy atom. The molecule has 4 heterocycles. The normalized spacial score (nSPS) is 22.2. The van der Waals surface area contributed by atoms with Crippen LogP contribution >= 0.6 is 11.6 Å². The molecule has 0 radical (unpaired) electrons. The van der Waals surface area contributed by atoms with Crippen LogP contribution in [0.15, 0.2) is 52.0 Å². The Hall–Kier alpha value is -3.33. The fraction of sp³-hybridized carbons (Fsp3) is 0.318. The monoisotopic (exact) mass is 452 g/mol. The predicted octanol–water partition coefficient (Wildman–Crippen LogP) is 3.40. The van der Waals surface area contributed by atoms with Crippen LogP contribution in [0.25, 0.3) is 11.0 Å². The van der Waals surface area contributed by atoms with E-state index in [1.54, 1.807) is 24.3 Å². The van der Waals surface area contributed by atoms with E-state index in [0.29, 0.717) is 34.7 Å². The lowest BCUT2D eigenvalue weighted by molar-refractivity contribution is 0.354. The van der Waals surface area contributed by atoms with Crippen LogP contribution in [0.1, 0.15) is 30.5 Å². The summed E-state index contributed by atoms with van der Waals surface area (Å²) < 4.78 is 20.5. The van der Waals surface area contributed by atoms with Crippen molar-refractivity contribution in [3.8, 4) is 0 Å². The van der Waals surface area contributed by atoms with Crippen molar-refractivity contribution in [1.29, 1.82) is 0 Å². The van der Waals surface area contributed by atoms with Gasteiger partial charge in [-0.2, -0.15) is 4.98 Å². The van der Waals surface area contributed by atoms with E-state index in [0.717, 1.165) is 25.1 Å². The third kappa shape index (κ3) is 3.24. The number of nitrogens with zero attached hydrogens (tertiary/aromatic N) is 6. The topological polar surface area (TPSA) is 89.9 Å². The third-order valence-electron chi connectivity index (χ3n) is 6.45. The number of fused-ring (bicyclic) bond motifs is 3. The second-order valence-electron chi connectivity index (χ2n) is 8.35. The van der Waals surface area contributed by atoms with Crippen LogP contribution in [0.2, 0.25) is 5.15 Å². The molecule has 1 aliphatic heterocycles. The summed E-state index contributed by atoms with van der Waals surface area (Å²) in [4.78, 5) is 27.8. The molecule has 1 saturated carbocycles. The van der Waals surface area contributed by atoms with E-state index in [4.69, 9.17) is 16.1 Å². The van der Waals surface area contributed by atoms with Gasteiger partial charge < -0.3 is 9.42 Å². The zero-order chi connectivity index (χ0) is 21.8. The molecule has 2 fully saturated rings. The highest BCUT2D eigenvalue weighted by atomic mass is 35.5. The average molecular weight is 453 g/mol. The van der Waals surface area contributed by atoms with Crippen LogP contribution in [0.3, 0.4) is 0 Å². The Balaban J connectivity index is 1.19. The minimum Gasteiger partial charge on any atom is -0.368 e. The molecule has 1 aromatic carbocycles. The highest BCUT2D eigenvalue weighted by Crippen LogP contribution is 2.48. The molecule has 2 bridgehead atoms. The van der Waals surface area contributed by atoms with Crippen LogP contribution in [0.5, 0.6) is 0 Å². The summed E-state index contributed by atoms with van der Waals surface area (Å²) in [5.41, 5.74) is 0.975. The Morgan fingerprint density at radius 3 is 2.91 bits per heavy atom. The molecule has 0 spiro atoms. The smallest absolute Gasteiger partial charge is 0.263 e. The van der Waals surface area contributed by atoms with Gasteiger partial charge in [0.1, 0.15) is 23.8 Å². The van der Waals surface area contributed by atoms with Crippen molar-refractivity contribution < 1.29 is 8.91 Å². The van der Waals surface area contributed by atoms with Crippen LogP contribution in [-0.2, 0) is 6.54 Å². The van der Waals surface area contributed by atoms with Gasteiger partial charge in [-0.05, 0) is 49.1 Å². The molecule has 0 N–H and O–H groups in total. The van der Waals surface area contributed by atoms with E-state index < -0.39 is 0 Å². The summed E-state index contributed by atoms with van der Waals surface area (Å²) in [6, 6.07) is 10.2. The van der Waals surface area contributed by atoms with Crippen molar-refractivity contribution in [1.82, 2.24) is 24.7 Å². The number of piperidine rings is 1. The number of benzene rings is 1. The standard InChI is InChI=1S/C22H18ClFN6O2/c23-18-5-4-16-20(26-18)25-11-29(22(16)31)10-19-27-21(28-32-19)17-8-15-6-12(17)9-30(15)14-3-1-2-13(24)7-14/h1-5,7,11-12,15,17H,6,8-10H2/t12-,15?,17+/m0/s1. The number of hydrogen-bond donors (Lipinski definition) is 0. The zero-order valence-corrected chi connectivity index (χ0v) is 17.6. The van der Waals surface area contributed by atoms with Gasteiger partial charge >= 0.3 is 0 Å². The van der Waals surface area contributed by atoms with E-state index in [1.807, 2.05) is 6.07 Å². The van der Waals surface area contributed by atoms with Gasteiger partial charge in [0, 0.05) is 24.2 Å². The van der Waals surface area contributed by atoms with Crippen LogP contribution in [-0.4, -0.2) is 37.3 Å². The van der Waals surface area contributed by atoms with Crippen molar-refractivity contribution in [2.45, 2.75) is 31.3 Å². The number of rotatable bonds is 4. The number of anilines is 1. The van der Waals surface area contributed by atoms with Crippen molar-refractivity contribution in [3.05, 3.63) is 75.8 Å². The number of pyridine rings is 1. The molecule has 32 heavy (non-hydrogen) atoms. The number of aromatic nitrogens is 5. The minimum atomic E-state index is -0.246. The van der Waals surface area contributed by atoms with Crippen molar-refractivity contribution in [3.63, 3.8) is 0 Å². The summed E-state index contributed by atoms with van der Waals surface area (Å²) >= 11 is 5.87. The quantitative estimate of drug-likeness (QED) is 0.438. The Labute approximate surface area is 186 Å². The molecule has 162 valence electrons. The second kappa shape index (κ2) is 7.37. The van der Waals surface area contributed by atoms with Crippen LogP contribution in [0, 0.1) is 11.7 Å². The van der Waals surface area contributed by atoms with E-state index in [9.17, 15) is 9.18 Å². The van der Waals surface area contributed by atoms with Crippen LogP contribution < -0.4 is 10.5 Å². The minimum absolute atomic E-state index is 0.133. The van der Waals surface area contributed by atoms with Gasteiger partial charge in [-0.15, -0.1) is 0 Å². The maximum absolute atomic E-state index is 13.6. The first-order chi connectivity index (χ1) is 15.5. The fourth-order valence-electron chi connectivity index (χ4n) is 5.00. The van der Waals surface area contributed by atoms with Gasteiger partial charge in [-0.25, -0.2) is 14.4 Å². The van der Waals surface area contributed by atoms with E-state index in [2.05, 4.69) is 25.0 Å². The summed E-state index contributed by atoms with van der Waals surface area (Å²) in [5, 5.41) is 4.86. The Kier molecular flexibility index (Phi) is 4.46. The van der Waals surface area contributed by atoms with Gasteiger partial charge in [0.25, 0.3) is 5.56 Å². The molecule has 6 rings (SSSR count). The van der Waals surface area contributed by atoms with Crippen molar-refractivity contribution in [2.24, 2.45) is 5.92 Å². The lowest BCUT2D eigenvalue weighted by atomic mass is 9.93. The molecule has 0 amide bonds. The largest absolute Gasteiger partial charge is 0.368 e. The summed E-state index contributed by atoms with van der Waals surface area (Å²) in [6.07, 6.45) is 3.32. The molecule has 4 aromatic rings. The summed E-state index contributed by atoms with van der Waals surface area (Å²) in [6.45, 7) is 0.972. The molecule has 3 aromatic heterocycles. The average Bonchev–Trinajstić information content (AvgIpc) is 3.51. The maximum Gasteiger partial charge on any atom is 0.263 e. The lowest BCUT2D eigenvalue weighted by Gasteiger charge is -2.32. The number of halogens is 2. The van der Waals surface area contributed by atoms with Crippen LogP contribution in [0.4, 0.5) is 10.1 Å². The molecule has 8 nitrogen and oxygen atoms in total. The zero-order valence-electron chi connectivity index (χ0n) is 16.9. The van der Waals surface area contributed by atoms with Crippen molar-refractivity contribution in [2.75, 3.05) is 11.4 Å². The Morgan fingerprint density at radius 1 is 1.19 bits per heavy atom. The molecule has 1 aliphatic carbocycles. The molecule has 1 saturated heterocycles. The van der Waals surface area contributed by atoms with Gasteiger partial charge in [0.2, 0.25) is 5.89 Å². The lowest BCUT2D eigenvalue weighted by Crippen LogP contribution is -2.35. The summed E-state index contributed by atoms with van der Waals surface area (Å²) in [5.74, 6) is 1.38. The highest BCUT2D eigenvalue weighted by Gasteiger charge is 2.47. The van der Waals surface area contributed by atoms with Gasteiger partial charge in [0.15, 0.2) is 11.5 Å². The van der Waals surface area contributed by atoms with Crippen molar-refractivity contribution >= 4 is 28.3 Å². The van der Waals surface area contributed by atoms with E-state index >= 15 is 0 Å². The predicted molar refractivity (Wildman–Crippen MR) is 115 cm³/mol. The van der Waals surface area contributed by atoms with E-state index in [1.165, 1.54) is 17.0 Å².